The number of hydrogen-bond acceptors (Lipinski definition) is 5. The molecule has 0 unspecified atom stereocenters. The third-order valence-corrected chi connectivity index (χ3v) is 6.79. The lowest BCUT2D eigenvalue weighted by atomic mass is 10.1. The fourth-order valence-corrected chi connectivity index (χ4v) is 4.26. The molecule has 0 heterocycles. The maximum Gasteiger partial charge on any atom is 0.241 e. The molecule has 0 aliphatic heterocycles. The van der Waals surface area contributed by atoms with Crippen molar-refractivity contribution in [1.29, 1.82) is 0 Å². The second-order valence-electron chi connectivity index (χ2n) is 6.38. The number of nitrogens with one attached hydrogen (secondary N) is 1. The van der Waals surface area contributed by atoms with E-state index in [-0.39, 0.29) is 11.4 Å². The average molecular weight is 489 g/mol. The van der Waals surface area contributed by atoms with E-state index in [9.17, 15) is 21.6 Å². The molecule has 2 aromatic rings. The Balaban J connectivity index is 2.13. The van der Waals surface area contributed by atoms with E-state index in [1.165, 1.54) is 12.1 Å². The smallest absolute Gasteiger partial charge is 0.241 e. The first kappa shape index (κ1) is 22.4. The van der Waals surface area contributed by atoms with Crippen molar-refractivity contribution in [3.63, 3.8) is 0 Å². The standard InChI is InChI=1S/C18H21BrN2O5S2/c1-13(14-4-10-17(11-5-14)27(2,23)24)20-18(22)12-21(28(3,25)26)16-8-6-15(19)7-9-16/h4-11,13H,12H2,1-3H3,(H,20,22)/t13-/m1/s1. The maximum atomic E-state index is 12.4. The van der Waals surface area contributed by atoms with Crippen molar-refractivity contribution >= 4 is 47.4 Å². The van der Waals surface area contributed by atoms with E-state index in [1.807, 2.05) is 0 Å². The van der Waals surface area contributed by atoms with Gasteiger partial charge in [-0.15, -0.1) is 0 Å². The van der Waals surface area contributed by atoms with Crippen LogP contribution in [0, 0.1) is 0 Å². The van der Waals surface area contributed by atoms with E-state index < -0.39 is 31.8 Å². The normalized spacial score (nSPS) is 13.0. The molecule has 10 heteroatoms. The van der Waals surface area contributed by atoms with Crippen LogP contribution in [-0.2, 0) is 24.7 Å². The fraction of sp³-hybridized carbons (Fsp3) is 0.278. The lowest BCUT2D eigenvalue weighted by molar-refractivity contribution is -0.120. The zero-order chi connectivity index (χ0) is 21.1. The fourth-order valence-electron chi connectivity index (χ4n) is 2.51. The second kappa shape index (κ2) is 8.62. The van der Waals surface area contributed by atoms with Crippen LogP contribution in [0.4, 0.5) is 5.69 Å². The molecule has 1 N–H and O–H groups in total. The minimum absolute atomic E-state index is 0.188. The molecular formula is C18H21BrN2O5S2. The largest absolute Gasteiger partial charge is 0.348 e. The Bertz CT molecular complexity index is 1050. The molecule has 0 bridgehead atoms. The predicted octanol–water partition coefficient (Wildman–Crippen LogP) is 2.50. The third-order valence-electron chi connectivity index (χ3n) is 3.99. The summed E-state index contributed by atoms with van der Waals surface area (Å²) in [6, 6.07) is 12.3. The summed E-state index contributed by atoms with van der Waals surface area (Å²) in [4.78, 5) is 12.6. The lowest BCUT2D eigenvalue weighted by Gasteiger charge is -2.23. The molecule has 0 fully saturated rings. The van der Waals surface area contributed by atoms with E-state index in [0.29, 0.717) is 11.3 Å². The monoisotopic (exact) mass is 488 g/mol. The van der Waals surface area contributed by atoms with Gasteiger partial charge < -0.3 is 5.32 Å². The van der Waals surface area contributed by atoms with Crippen LogP contribution in [-0.4, -0.2) is 41.8 Å². The lowest BCUT2D eigenvalue weighted by Crippen LogP contribution is -2.41. The number of benzene rings is 2. The first-order chi connectivity index (χ1) is 12.9. The molecule has 1 atom stereocenters. The molecule has 0 saturated heterocycles. The molecule has 7 nitrogen and oxygen atoms in total. The van der Waals surface area contributed by atoms with Crippen LogP contribution in [0.1, 0.15) is 18.5 Å². The summed E-state index contributed by atoms with van der Waals surface area (Å²) in [7, 11) is -6.96. The van der Waals surface area contributed by atoms with Crippen molar-refractivity contribution in [3.05, 3.63) is 58.6 Å². The summed E-state index contributed by atoms with van der Waals surface area (Å²) in [5, 5.41) is 2.73. The van der Waals surface area contributed by atoms with Crippen LogP contribution >= 0.6 is 15.9 Å². The van der Waals surface area contributed by atoms with Gasteiger partial charge in [0.1, 0.15) is 6.54 Å². The van der Waals surface area contributed by atoms with Crippen LogP contribution in [0.25, 0.3) is 0 Å². The minimum atomic E-state index is -3.66. The van der Waals surface area contributed by atoms with Gasteiger partial charge >= 0.3 is 0 Å². The molecule has 0 aromatic heterocycles. The highest BCUT2D eigenvalue weighted by atomic mass is 79.9. The number of nitrogens with zero attached hydrogens (tertiary/aromatic N) is 1. The van der Waals surface area contributed by atoms with Crippen molar-refractivity contribution in [3.8, 4) is 0 Å². The topological polar surface area (TPSA) is 101 Å². The highest BCUT2D eigenvalue weighted by molar-refractivity contribution is 9.10. The van der Waals surface area contributed by atoms with E-state index in [0.717, 1.165) is 21.3 Å². The molecule has 0 aliphatic rings. The van der Waals surface area contributed by atoms with Gasteiger partial charge in [0.15, 0.2) is 9.84 Å². The van der Waals surface area contributed by atoms with Gasteiger partial charge in [-0.2, -0.15) is 0 Å². The Kier molecular flexibility index (Phi) is 6.89. The average Bonchev–Trinajstić information content (AvgIpc) is 2.59. The van der Waals surface area contributed by atoms with Crippen molar-refractivity contribution in [1.82, 2.24) is 5.32 Å². The Morgan fingerprint density at radius 3 is 2.00 bits per heavy atom. The second-order valence-corrected chi connectivity index (χ2v) is 11.2. The highest BCUT2D eigenvalue weighted by Gasteiger charge is 2.22. The summed E-state index contributed by atoms with van der Waals surface area (Å²) in [5.41, 5.74) is 1.08. The van der Waals surface area contributed by atoms with E-state index in [4.69, 9.17) is 0 Å². The molecule has 1 amide bonds. The minimum Gasteiger partial charge on any atom is -0.348 e. The van der Waals surface area contributed by atoms with Crippen molar-refractivity contribution in [2.75, 3.05) is 23.4 Å². The van der Waals surface area contributed by atoms with Gasteiger partial charge in [0.2, 0.25) is 15.9 Å². The molecule has 28 heavy (non-hydrogen) atoms. The van der Waals surface area contributed by atoms with Gasteiger partial charge in [0.25, 0.3) is 0 Å². The molecule has 0 spiro atoms. The predicted molar refractivity (Wildman–Crippen MR) is 112 cm³/mol. The van der Waals surface area contributed by atoms with Gasteiger partial charge in [0.05, 0.1) is 22.9 Å². The Hall–Kier alpha value is -1.91. The number of halogens is 1. The molecular weight excluding hydrogens is 468 g/mol. The number of anilines is 1. The maximum absolute atomic E-state index is 12.4. The van der Waals surface area contributed by atoms with E-state index >= 15 is 0 Å². The highest BCUT2D eigenvalue weighted by Crippen LogP contribution is 2.21. The van der Waals surface area contributed by atoms with Crippen molar-refractivity contribution < 1.29 is 21.6 Å². The van der Waals surface area contributed by atoms with Crippen molar-refractivity contribution in [2.45, 2.75) is 17.9 Å². The van der Waals surface area contributed by atoms with Gasteiger partial charge in [-0.25, -0.2) is 16.8 Å². The number of carbonyl (C=O) groups excluding carboxylic acids is 1. The first-order valence-corrected chi connectivity index (χ1v) is 12.7. The number of sulfonamides is 1. The summed E-state index contributed by atoms with van der Waals surface area (Å²) in [6.07, 6.45) is 2.16. The van der Waals surface area contributed by atoms with Gasteiger partial charge in [-0.1, -0.05) is 28.1 Å². The molecule has 2 rings (SSSR count). The van der Waals surface area contributed by atoms with Crippen LogP contribution in [0.15, 0.2) is 57.9 Å². The summed E-state index contributed by atoms with van der Waals surface area (Å²) in [5.74, 6) is -0.479. The van der Waals surface area contributed by atoms with E-state index in [2.05, 4.69) is 21.2 Å². The van der Waals surface area contributed by atoms with Crippen LogP contribution in [0.5, 0.6) is 0 Å². The number of amides is 1. The quantitative estimate of drug-likeness (QED) is 0.644. The summed E-state index contributed by atoms with van der Waals surface area (Å²) >= 11 is 3.29. The first-order valence-electron chi connectivity index (χ1n) is 8.20. The number of rotatable bonds is 7. The van der Waals surface area contributed by atoms with Crippen LogP contribution < -0.4 is 9.62 Å². The van der Waals surface area contributed by atoms with Crippen LogP contribution in [0.2, 0.25) is 0 Å². The number of carbonyl (C=O) groups is 1. The molecule has 2 aromatic carbocycles. The van der Waals surface area contributed by atoms with Gasteiger partial charge in [-0.3, -0.25) is 9.10 Å². The molecule has 0 radical (unpaired) electrons. The summed E-state index contributed by atoms with van der Waals surface area (Å²) in [6.45, 7) is 1.37. The number of sulfone groups is 1. The zero-order valence-electron chi connectivity index (χ0n) is 15.6. The van der Waals surface area contributed by atoms with E-state index in [1.54, 1.807) is 43.3 Å². The number of hydrogen-bond donors (Lipinski definition) is 1. The molecule has 152 valence electrons. The van der Waals surface area contributed by atoms with Crippen LogP contribution in [0.3, 0.4) is 0 Å². The Morgan fingerprint density at radius 1 is 1.00 bits per heavy atom. The van der Waals surface area contributed by atoms with Crippen molar-refractivity contribution in [2.24, 2.45) is 0 Å². The Morgan fingerprint density at radius 2 is 1.54 bits per heavy atom. The molecule has 0 aliphatic carbocycles. The van der Waals surface area contributed by atoms with Gasteiger partial charge in [0, 0.05) is 10.7 Å². The SMILES string of the molecule is C[C@@H](NC(=O)CN(c1ccc(Br)cc1)S(C)(=O)=O)c1ccc(S(C)(=O)=O)cc1. The third kappa shape index (κ3) is 6.05. The Labute approximate surface area is 173 Å². The van der Waals surface area contributed by atoms with Gasteiger partial charge in [-0.05, 0) is 48.9 Å². The molecule has 0 saturated carbocycles. The zero-order valence-corrected chi connectivity index (χ0v) is 18.8. The summed E-state index contributed by atoms with van der Waals surface area (Å²) < 4.78 is 49.1.